The predicted molar refractivity (Wildman–Crippen MR) is 117 cm³/mol. The molecule has 0 aromatic carbocycles. The number of nitrogens with zero attached hydrogens (tertiary/aromatic N) is 2. The van der Waals surface area contributed by atoms with Crippen molar-refractivity contribution in [2.75, 3.05) is 26.2 Å². The Morgan fingerprint density at radius 1 is 1.08 bits per heavy atom. The van der Waals surface area contributed by atoms with Crippen LogP contribution in [0.25, 0.3) is 0 Å². The summed E-state index contributed by atoms with van der Waals surface area (Å²) in [5.41, 5.74) is 0. The van der Waals surface area contributed by atoms with Gasteiger partial charge in [-0.3, -0.25) is 14.7 Å². The van der Waals surface area contributed by atoms with Crippen LogP contribution >= 0.6 is 24.0 Å². The predicted octanol–water partition coefficient (Wildman–Crippen LogP) is 3.01. The number of carbonyl (C=O) groups excluding carboxylic acids is 1. The van der Waals surface area contributed by atoms with Gasteiger partial charge in [0.25, 0.3) is 0 Å². The molecular formula is C18H39IN4O2. The van der Waals surface area contributed by atoms with E-state index in [0.29, 0.717) is 25.0 Å². The van der Waals surface area contributed by atoms with E-state index in [2.05, 4.69) is 48.2 Å². The number of carbonyl (C=O) groups is 1. The van der Waals surface area contributed by atoms with Crippen LogP contribution in [0, 0.1) is 0 Å². The molecule has 0 heterocycles. The molecule has 2 N–H and O–H groups in total. The second-order valence-corrected chi connectivity index (χ2v) is 6.75. The zero-order valence-electron chi connectivity index (χ0n) is 17.1. The van der Waals surface area contributed by atoms with E-state index in [1.165, 1.54) is 0 Å². The van der Waals surface area contributed by atoms with Crippen LogP contribution < -0.4 is 10.6 Å². The van der Waals surface area contributed by atoms with Crippen LogP contribution in [0.1, 0.15) is 61.3 Å². The van der Waals surface area contributed by atoms with E-state index in [0.717, 1.165) is 32.0 Å². The maximum atomic E-state index is 11.5. The van der Waals surface area contributed by atoms with Crippen LogP contribution in [0.5, 0.6) is 0 Å². The van der Waals surface area contributed by atoms with E-state index < -0.39 is 0 Å². The Morgan fingerprint density at radius 3 is 2.16 bits per heavy atom. The Hall–Kier alpha value is -0.570. The summed E-state index contributed by atoms with van der Waals surface area (Å²) in [6.45, 7) is 17.8. The first-order valence-corrected chi connectivity index (χ1v) is 9.25. The third kappa shape index (κ3) is 14.3. The third-order valence-corrected chi connectivity index (χ3v) is 3.50. The fraction of sp³-hybridized carbons (Fsp3) is 0.889. The number of hydrogen-bond donors (Lipinski definition) is 2. The molecule has 0 atom stereocenters. The summed E-state index contributed by atoms with van der Waals surface area (Å²) in [7, 11) is 0. The SMILES string of the molecule is CCNC(=NCCCN(C(C)C)C(C)C)NCCC(=O)OC(C)C.I. The lowest BCUT2D eigenvalue weighted by molar-refractivity contribution is -0.147. The van der Waals surface area contributed by atoms with Gasteiger partial charge in [-0.15, -0.1) is 24.0 Å². The molecule has 6 nitrogen and oxygen atoms in total. The number of ether oxygens (including phenoxy) is 1. The third-order valence-electron chi connectivity index (χ3n) is 3.50. The number of guanidine groups is 1. The smallest absolute Gasteiger partial charge is 0.307 e. The number of nitrogens with one attached hydrogen (secondary N) is 2. The zero-order valence-corrected chi connectivity index (χ0v) is 19.4. The van der Waals surface area contributed by atoms with E-state index >= 15 is 0 Å². The summed E-state index contributed by atoms with van der Waals surface area (Å²) >= 11 is 0. The summed E-state index contributed by atoms with van der Waals surface area (Å²) < 4.78 is 5.12. The van der Waals surface area contributed by atoms with Crippen molar-refractivity contribution in [3.05, 3.63) is 0 Å². The number of hydrogen-bond acceptors (Lipinski definition) is 4. The molecule has 0 saturated carbocycles. The lowest BCUT2D eigenvalue weighted by Crippen LogP contribution is -2.39. The van der Waals surface area contributed by atoms with Crippen molar-refractivity contribution in [3.63, 3.8) is 0 Å². The number of rotatable bonds is 11. The van der Waals surface area contributed by atoms with E-state index in [-0.39, 0.29) is 36.0 Å². The van der Waals surface area contributed by atoms with Gasteiger partial charge in [0.2, 0.25) is 0 Å². The van der Waals surface area contributed by atoms with E-state index in [4.69, 9.17) is 4.74 Å². The molecular weight excluding hydrogens is 431 g/mol. The van der Waals surface area contributed by atoms with Gasteiger partial charge in [0.05, 0.1) is 12.5 Å². The number of aliphatic imine (C=N–C) groups is 1. The van der Waals surface area contributed by atoms with Gasteiger partial charge in [0.15, 0.2) is 5.96 Å². The lowest BCUT2D eigenvalue weighted by atomic mass is 10.2. The largest absolute Gasteiger partial charge is 0.463 e. The van der Waals surface area contributed by atoms with Crippen LogP contribution in [-0.2, 0) is 9.53 Å². The highest BCUT2D eigenvalue weighted by molar-refractivity contribution is 14.0. The van der Waals surface area contributed by atoms with Crippen molar-refractivity contribution in [2.45, 2.75) is 79.5 Å². The van der Waals surface area contributed by atoms with Crippen molar-refractivity contribution in [1.82, 2.24) is 15.5 Å². The van der Waals surface area contributed by atoms with Crippen LogP contribution in [0.2, 0.25) is 0 Å². The van der Waals surface area contributed by atoms with Gasteiger partial charge in [-0.05, 0) is 54.9 Å². The van der Waals surface area contributed by atoms with Crippen LogP contribution in [0.4, 0.5) is 0 Å². The average molecular weight is 470 g/mol. The Kier molecular flexibility index (Phi) is 16.7. The van der Waals surface area contributed by atoms with Gasteiger partial charge in [0, 0.05) is 38.3 Å². The molecule has 150 valence electrons. The second kappa shape index (κ2) is 15.7. The molecule has 0 aromatic rings. The molecule has 25 heavy (non-hydrogen) atoms. The average Bonchev–Trinajstić information content (AvgIpc) is 2.45. The Balaban J connectivity index is 0. The molecule has 0 aliphatic rings. The Labute approximate surface area is 171 Å². The van der Waals surface area contributed by atoms with Crippen molar-refractivity contribution in [2.24, 2.45) is 4.99 Å². The van der Waals surface area contributed by atoms with Gasteiger partial charge >= 0.3 is 5.97 Å². The van der Waals surface area contributed by atoms with Crippen molar-refractivity contribution in [3.8, 4) is 0 Å². The van der Waals surface area contributed by atoms with Crippen LogP contribution in [0.15, 0.2) is 4.99 Å². The van der Waals surface area contributed by atoms with E-state index in [9.17, 15) is 4.79 Å². The fourth-order valence-corrected chi connectivity index (χ4v) is 2.50. The summed E-state index contributed by atoms with van der Waals surface area (Å²) in [5, 5.41) is 6.39. The maximum absolute atomic E-state index is 11.5. The van der Waals surface area contributed by atoms with Crippen LogP contribution in [-0.4, -0.2) is 61.2 Å². The minimum atomic E-state index is -0.183. The van der Waals surface area contributed by atoms with Crippen molar-refractivity contribution in [1.29, 1.82) is 0 Å². The normalized spacial score (nSPS) is 11.9. The van der Waals surface area contributed by atoms with E-state index in [1.54, 1.807) is 0 Å². The standard InChI is InChI=1S/C18H38N4O2.HI/c1-8-19-18(21-12-10-17(23)24-16(6)7)20-11-9-13-22(14(2)3)15(4)5;/h14-16H,8-13H2,1-7H3,(H2,19,20,21);1H. The summed E-state index contributed by atoms with van der Waals surface area (Å²) in [5.74, 6) is 0.577. The minimum absolute atomic E-state index is 0. The maximum Gasteiger partial charge on any atom is 0.307 e. The molecule has 0 aromatic heterocycles. The van der Waals surface area contributed by atoms with Crippen LogP contribution in [0.3, 0.4) is 0 Å². The molecule has 0 radical (unpaired) electrons. The van der Waals surface area contributed by atoms with Crippen molar-refractivity contribution >= 4 is 35.9 Å². The Bertz CT molecular complexity index is 366. The van der Waals surface area contributed by atoms with Gasteiger partial charge in [0.1, 0.15) is 0 Å². The molecule has 0 fully saturated rings. The molecule has 0 bridgehead atoms. The van der Waals surface area contributed by atoms with Gasteiger partial charge in [-0.2, -0.15) is 0 Å². The first-order chi connectivity index (χ1) is 11.3. The highest BCUT2D eigenvalue weighted by Crippen LogP contribution is 2.05. The zero-order chi connectivity index (χ0) is 18.5. The minimum Gasteiger partial charge on any atom is -0.463 e. The number of halogens is 1. The van der Waals surface area contributed by atoms with Gasteiger partial charge in [-0.1, -0.05) is 0 Å². The Morgan fingerprint density at radius 2 is 1.68 bits per heavy atom. The van der Waals surface area contributed by atoms with Gasteiger partial charge in [-0.25, -0.2) is 0 Å². The molecule has 0 saturated heterocycles. The molecule has 0 unspecified atom stereocenters. The van der Waals surface area contributed by atoms with E-state index in [1.807, 2.05) is 20.8 Å². The molecule has 7 heteroatoms. The summed E-state index contributed by atoms with van der Waals surface area (Å²) in [4.78, 5) is 18.6. The summed E-state index contributed by atoms with van der Waals surface area (Å²) in [6.07, 6.45) is 1.30. The fourth-order valence-electron chi connectivity index (χ4n) is 2.50. The van der Waals surface area contributed by atoms with Crippen molar-refractivity contribution < 1.29 is 9.53 Å². The first kappa shape index (κ1) is 26.7. The molecule has 0 rings (SSSR count). The molecule has 0 aliphatic heterocycles. The summed E-state index contributed by atoms with van der Waals surface area (Å²) in [6, 6.07) is 1.10. The molecule has 0 amide bonds. The van der Waals surface area contributed by atoms with Gasteiger partial charge < -0.3 is 15.4 Å². The monoisotopic (exact) mass is 470 g/mol. The highest BCUT2D eigenvalue weighted by Gasteiger charge is 2.12. The molecule has 0 spiro atoms. The quantitative estimate of drug-likeness (QED) is 0.160. The first-order valence-electron chi connectivity index (χ1n) is 9.25. The highest BCUT2D eigenvalue weighted by atomic mass is 127. The number of esters is 1. The lowest BCUT2D eigenvalue weighted by Gasteiger charge is -2.30. The topological polar surface area (TPSA) is 66.0 Å². The molecule has 0 aliphatic carbocycles. The second-order valence-electron chi connectivity index (χ2n) is 6.75.